The quantitative estimate of drug-likeness (QED) is 0.242. The van der Waals surface area contributed by atoms with Gasteiger partial charge in [0.2, 0.25) is 17.3 Å². The average molecular weight is 595 g/mol. The highest BCUT2D eigenvalue weighted by Gasteiger charge is 2.67. The summed E-state index contributed by atoms with van der Waals surface area (Å²) in [6.07, 6.45) is 0.556. The summed E-state index contributed by atoms with van der Waals surface area (Å²) in [4.78, 5) is 83.4. The van der Waals surface area contributed by atoms with Crippen molar-refractivity contribution >= 4 is 35.0 Å². The number of carbonyl (C=O) groups excluding carboxylic acids is 6. The Hall–Kier alpha value is -4.46. The van der Waals surface area contributed by atoms with Crippen LogP contribution in [0.5, 0.6) is 0 Å². The van der Waals surface area contributed by atoms with Gasteiger partial charge in [0.05, 0.1) is 20.3 Å². The third-order valence-electron chi connectivity index (χ3n) is 8.75. The zero-order valence-electron chi connectivity index (χ0n) is 24.6. The van der Waals surface area contributed by atoms with E-state index in [0.29, 0.717) is 0 Å². The number of allylic oxidation sites excluding steroid dienone is 7. The Balaban J connectivity index is 1.79. The number of ether oxygens (including phenoxy) is 3. The van der Waals surface area contributed by atoms with Crippen molar-refractivity contribution in [2.45, 2.75) is 51.6 Å². The normalized spacial score (nSPS) is 29.6. The molecule has 1 unspecified atom stereocenters. The largest absolute Gasteiger partial charge is 0.492 e. The fraction of sp³-hybridized carbons (Fsp3) is 0.400. The van der Waals surface area contributed by atoms with E-state index >= 15 is 0 Å². The number of aliphatic hydroxyl groups excluding tert-OH is 1. The molecule has 5 rings (SSSR count). The number of aliphatic hydroxyl groups is 2. The van der Waals surface area contributed by atoms with E-state index in [1.165, 1.54) is 54.2 Å². The summed E-state index contributed by atoms with van der Waals surface area (Å²) in [7, 11) is 3.69. The first-order chi connectivity index (χ1) is 20.2. The molecule has 2 bridgehead atoms. The molecular formula is C30H30N2O11. The minimum atomic E-state index is -2.79. The zero-order valence-corrected chi connectivity index (χ0v) is 24.6. The molecule has 4 atom stereocenters. The number of likely N-dealkylation sites (N-methyl/N-ethyl adjacent to an activating group) is 1. The Morgan fingerprint density at radius 1 is 0.953 bits per heavy atom. The van der Waals surface area contributed by atoms with Crippen LogP contribution >= 0.6 is 0 Å². The maximum Gasteiger partial charge on any atom is 0.333 e. The number of ketones is 4. The number of esters is 1. The van der Waals surface area contributed by atoms with Crippen LogP contribution in [0.1, 0.15) is 27.7 Å². The van der Waals surface area contributed by atoms with Crippen molar-refractivity contribution in [1.29, 1.82) is 0 Å². The maximum absolute atomic E-state index is 14.3. The van der Waals surface area contributed by atoms with Crippen LogP contribution in [0, 0.1) is 0 Å². The van der Waals surface area contributed by atoms with E-state index < -0.39 is 71.1 Å². The Labute approximate surface area is 246 Å². The lowest BCUT2D eigenvalue weighted by Crippen LogP contribution is -2.77. The molecule has 1 saturated heterocycles. The topological polar surface area (TPSA) is 177 Å². The molecule has 2 N–H and O–H groups in total. The molecule has 1 fully saturated rings. The Kier molecular flexibility index (Phi) is 7.03. The van der Waals surface area contributed by atoms with Gasteiger partial charge in [-0.05, 0) is 40.8 Å². The van der Waals surface area contributed by atoms with Crippen LogP contribution in [0.25, 0.3) is 0 Å². The van der Waals surface area contributed by atoms with Crippen molar-refractivity contribution < 1.29 is 53.2 Å². The Morgan fingerprint density at radius 3 is 2.07 bits per heavy atom. The first-order valence-electron chi connectivity index (χ1n) is 13.4. The van der Waals surface area contributed by atoms with Crippen molar-refractivity contribution in [2.75, 3.05) is 27.9 Å². The number of Topliss-reactive ketones (excluding diaryl/α,β-unsaturated/α-hetero) is 4. The standard InChI is InChI=1S/C30H30N2O11/c1-8-11(2)28(38)43-10-16-17-14(21(33)12(3)25(41-6)23(17)35)9-15-20-18-19(22(34)13(4)26(42-7)24(18)36)27(37)30(40,31(20)5)29(39)32(15)16/h8-9,16,20,27,37,40H,10H2,1-7H3/b11-8-/t16?,20-,27+,30-/m1/s1. The number of piperazine rings is 1. The summed E-state index contributed by atoms with van der Waals surface area (Å²) in [5, 5.41) is 23.3. The lowest BCUT2D eigenvalue weighted by molar-refractivity contribution is -0.212. The number of methoxy groups -OCH3 is 2. The molecule has 13 nitrogen and oxygen atoms in total. The predicted octanol–water partition coefficient (Wildman–Crippen LogP) is -0.295. The number of nitrogens with zero attached hydrogens (tertiary/aromatic N) is 2. The number of carbonyl (C=O) groups is 6. The summed E-state index contributed by atoms with van der Waals surface area (Å²) >= 11 is 0. The first kappa shape index (κ1) is 30.0. The average Bonchev–Trinajstić information content (AvgIpc) is 2.98. The molecule has 0 radical (unpaired) electrons. The summed E-state index contributed by atoms with van der Waals surface area (Å²) in [5.41, 5.74) is -3.84. The maximum atomic E-state index is 14.3. The van der Waals surface area contributed by atoms with Crippen LogP contribution in [-0.4, -0.2) is 107 Å². The molecule has 0 saturated carbocycles. The van der Waals surface area contributed by atoms with Crippen molar-refractivity contribution in [1.82, 2.24) is 9.80 Å². The molecule has 5 aliphatic rings. The minimum absolute atomic E-state index is 0.00725. The van der Waals surface area contributed by atoms with E-state index in [-0.39, 0.29) is 50.7 Å². The van der Waals surface area contributed by atoms with Crippen molar-refractivity contribution in [3.05, 3.63) is 68.4 Å². The van der Waals surface area contributed by atoms with Gasteiger partial charge >= 0.3 is 5.97 Å². The highest BCUT2D eigenvalue weighted by molar-refractivity contribution is 6.28. The van der Waals surface area contributed by atoms with Crippen molar-refractivity contribution in [3.8, 4) is 0 Å². The van der Waals surface area contributed by atoms with Gasteiger partial charge in [0.1, 0.15) is 18.8 Å². The SMILES string of the molecule is C/C=C(/C)C(=O)OCC1C2=C(C=C3[C@@H]4C5=C(C(=O)C(C)=C(OC)C5=O)[C@H](O)[C@@](O)(C(=O)N31)N4C)C(=O)C(C)=C(OC)C2=O. The predicted molar refractivity (Wildman–Crippen MR) is 145 cm³/mol. The van der Waals surface area contributed by atoms with Gasteiger partial charge in [-0.15, -0.1) is 0 Å². The van der Waals surface area contributed by atoms with Crippen molar-refractivity contribution in [2.24, 2.45) is 0 Å². The van der Waals surface area contributed by atoms with Gasteiger partial charge in [0.25, 0.3) is 5.91 Å². The van der Waals surface area contributed by atoms with Gasteiger partial charge in [0, 0.05) is 44.7 Å². The van der Waals surface area contributed by atoms with Crippen LogP contribution in [0.4, 0.5) is 0 Å². The molecule has 226 valence electrons. The third kappa shape index (κ3) is 3.74. The number of hydrogen-bond acceptors (Lipinski definition) is 12. The Bertz CT molecular complexity index is 1650. The number of hydrogen-bond donors (Lipinski definition) is 2. The summed E-state index contributed by atoms with van der Waals surface area (Å²) in [6, 6.07) is -2.84. The molecular weight excluding hydrogens is 564 g/mol. The van der Waals surface area contributed by atoms with Crippen LogP contribution in [-0.2, 0) is 43.0 Å². The molecule has 0 spiro atoms. The van der Waals surface area contributed by atoms with Crippen LogP contribution in [0.15, 0.2) is 68.4 Å². The second-order valence-electron chi connectivity index (χ2n) is 10.8. The monoisotopic (exact) mass is 594 g/mol. The summed E-state index contributed by atoms with van der Waals surface area (Å²) in [6.45, 7) is 5.20. The zero-order chi connectivity index (χ0) is 31.9. The minimum Gasteiger partial charge on any atom is -0.492 e. The molecule has 43 heavy (non-hydrogen) atoms. The molecule has 0 aromatic carbocycles. The second-order valence-corrected chi connectivity index (χ2v) is 10.8. The molecule has 1 amide bonds. The van der Waals surface area contributed by atoms with Crippen LogP contribution < -0.4 is 0 Å². The first-order valence-corrected chi connectivity index (χ1v) is 13.4. The lowest BCUT2D eigenvalue weighted by Gasteiger charge is -2.58. The fourth-order valence-corrected chi connectivity index (χ4v) is 6.31. The van der Waals surface area contributed by atoms with E-state index in [4.69, 9.17) is 14.2 Å². The molecule has 3 heterocycles. The lowest BCUT2D eigenvalue weighted by atomic mass is 9.70. The van der Waals surface area contributed by atoms with E-state index in [1.807, 2.05) is 0 Å². The van der Waals surface area contributed by atoms with E-state index in [1.54, 1.807) is 6.92 Å². The van der Waals surface area contributed by atoms with Gasteiger partial charge in [-0.25, -0.2) is 4.79 Å². The Morgan fingerprint density at radius 2 is 1.51 bits per heavy atom. The van der Waals surface area contributed by atoms with Gasteiger partial charge in [-0.2, -0.15) is 0 Å². The summed E-state index contributed by atoms with van der Waals surface area (Å²) in [5.74, 6) is -5.41. The van der Waals surface area contributed by atoms with Crippen LogP contribution in [0.2, 0.25) is 0 Å². The highest BCUT2D eigenvalue weighted by Crippen LogP contribution is 2.50. The van der Waals surface area contributed by atoms with E-state index in [0.717, 1.165) is 9.80 Å². The van der Waals surface area contributed by atoms with Gasteiger partial charge < -0.3 is 24.4 Å². The number of fused-ring (bicyclic) bond motifs is 5. The van der Waals surface area contributed by atoms with Gasteiger partial charge in [0.15, 0.2) is 23.1 Å². The van der Waals surface area contributed by atoms with E-state index in [2.05, 4.69) is 0 Å². The number of rotatable bonds is 5. The van der Waals surface area contributed by atoms with E-state index in [9.17, 15) is 39.0 Å². The summed E-state index contributed by atoms with van der Waals surface area (Å²) < 4.78 is 15.9. The molecule has 3 aliphatic heterocycles. The third-order valence-corrected chi connectivity index (χ3v) is 8.75. The highest BCUT2D eigenvalue weighted by atomic mass is 16.5. The smallest absolute Gasteiger partial charge is 0.333 e. The second kappa shape index (κ2) is 10.1. The molecule has 13 heteroatoms. The fourth-order valence-electron chi connectivity index (χ4n) is 6.31. The van der Waals surface area contributed by atoms with Crippen LogP contribution in [0.3, 0.4) is 0 Å². The van der Waals surface area contributed by atoms with Gasteiger partial charge in [-0.1, -0.05) is 6.08 Å². The molecule has 0 aromatic rings. The van der Waals surface area contributed by atoms with Gasteiger partial charge in [-0.3, -0.25) is 33.8 Å². The molecule has 0 aromatic heterocycles. The van der Waals surface area contributed by atoms with Crippen molar-refractivity contribution in [3.63, 3.8) is 0 Å². The molecule has 2 aliphatic carbocycles. The number of amides is 1.